The van der Waals surface area contributed by atoms with Crippen LogP contribution in [0.1, 0.15) is 22.3 Å². The van der Waals surface area contributed by atoms with Gasteiger partial charge in [-0.2, -0.15) is 0 Å². The van der Waals surface area contributed by atoms with E-state index in [0.29, 0.717) is 0 Å². The minimum atomic E-state index is 0.748. The van der Waals surface area contributed by atoms with Gasteiger partial charge in [-0.15, -0.1) is 0 Å². The number of ether oxygens (including phenoxy) is 2. The van der Waals surface area contributed by atoms with E-state index in [9.17, 15) is 0 Å². The topological polar surface area (TPSA) is 56.5 Å². The molecular formula is C25H26N2O2. The van der Waals surface area contributed by atoms with Gasteiger partial charge in [0, 0.05) is 29.5 Å². The lowest BCUT2D eigenvalue weighted by Gasteiger charge is -2.11. The maximum absolute atomic E-state index is 5.75. The molecular weight excluding hydrogens is 360 g/mol. The van der Waals surface area contributed by atoms with Crippen LogP contribution in [0, 0.1) is 0 Å². The molecule has 0 unspecified atom stereocenters. The number of benzene rings is 3. The van der Waals surface area contributed by atoms with E-state index in [2.05, 4.69) is 23.5 Å². The molecule has 0 atom stereocenters. The third kappa shape index (κ3) is 5.20. The Morgan fingerprint density at radius 2 is 1.14 bits per heavy atom. The van der Waals surface area contributed by atoms with Crippen LogP contribution in [0.25, 0.3) is 24.3 Å². The minimum absolute atomic E-state index is 0.748. The van der Waals surface area contributed by atoms with Gasteiger partial charge in [0.15, 0.2) is 0 Å². The van der Waals surface area contributed by atoms with E-state index in [1.165, 1.54) is 0 Å². The highest BCUT2D eigenvalue weighted by atomic mass is 16.5. The van der Waals surface area contributed by atoms with Gasteiger partial charge in [-0.25, -0.2) is 0 Å². The number of hydrogen-bond donors (Lipinski definition) is 2. The van der Waals surface area contributed by atoms with Crippen LogP contribution in [0.4, 0.5) is 11.4 Å². The van der Waals surface area contributed by atoms with Crippen molar-refractivity contribution in [3.63, 3.8) is 0 Å². The van der Waals surface area contributed by atoms with E-state index in [1.807, 2.05) is 73.8 Å². The molecule has 0 saturated heterocycles. The molecule has 0 fully saturated rings. The zero-order valence-electron chi connectivity index (χ0n) is 17.0. The van der Waals surface area contributed by atoms with Crippen molar-refractivity contribution in [2.24, 2.45) is 0 Å². The van der Waals surface area contributed by atoms with Crippen LogP contribution in [-0.2, 0) is 0 Å². The summed E-state index contributed by atoms with van der Waals surface area (Å²) in [4.78, 5) is 0. The molecule has 3 aromatic carbocycles. The van der Waals surface area contributed by atoms with Gasteiger partial charge in [-0.3, -0.25) is 0 Å². The molecule has 29 heavy (non-hydrogen) atoms. The second-order valence-corrected chi connectivity index (χ2v) is 6.54. The summed E-state index contributed by atoms with van der Waals surface area (Å²) in [5, 5.41) is 3.12. The Balaban J connectivity index is 1.88. The number of nitrogens with one attached hydrogen (secondary N) is 1. The Labute approximate surface area is 172 Å². The van der Waals surface area contributed by atoms with Crippen molar-refractivity contribution in [1.82, 2.24) is 0 Å². The van der Waals surface area contributed by atoms with Crippen molar-refractivity contribution in [3.8, 4) is 11.5 Å². The van der Waals surface area contributed by atoms with Crippen molar-refractivity contribution in [2.75, 3.05) is 32.3 Å². The quantitative estimate of drug-likeness (QED) is 0.406. The van der Waals surface area contributed by atoms with Gasteiger partial charge >= 0.3 is 0 Å². The highest BCUT2D eigenvalue weighted by Crippen LogP contribution is 2.31. The molecule has 0 saturated carbocycles. The van der Waals surface area contributed by atoms with E-state index in [0.717, 1.165) is 45.1 Å². The molecule has 0 spiro atoms. The van der Waals surface area contributed by atoms with Gasteiger partial charge < -0.3 is 20.5 Å². The molecule has 4 nitrogen and oxygen atoms in total. The smallest absolute Gasteiger partial charge is 0.126 e. The number of hydrogen-bond acceptors (Lipinski definition) is 4. The first-order valence-electron chi connectivity index (χ1n) is 9.38. The highest BCUT2D eigenvalue weighted by Gasteiger charge is 2.08. The number of rotatable bonds is 7. The highest BCUT2D eigenvalue weighted by molar-refractivity contribution is 5.79. The van der Waals surface area contributed by atoms with E-state index >= 15 is 0 Å². The number of nitrogens with two attached hydrogens (primary N) is 1. The fraction of sp³-hybridized carbons (Fsp3) is 0.120. The fourth-order valence-electron chi connectivity index (χ4n) is 2.95. The SMILES string of the molecule is CNc1ccc(/C=C/c2cc(OC)c(/C=C/c3ccc(N)cc3)cc2OC)cc1. The van der Waals surface area contributed by atoms with Gasteiger partial charge in [0.1, 0.15) is 11.5 Å². The van der Waals surface area contributed by atoms with E-state index in [1.54, 1.807) is 14.2 Å². The van der Waals surface area contributed by atoms with Gasteiger partial charge in [0.2, 0.25) is 0 Å². The van der Waals surface area contributed by atoms with Crippen LogP contribution in [0.2, 0.25) is 0 Å². The van der Waals surface area contributed by atoms with Crippen LogP contribution in [0.3, 0.4) is 0 Å². The van der Waals surface area contributed by atoms with Gasteiger partial charge in [-0.05, 0) is 47.5 Å². The van der Waals surface area contributed by atoms with Gasteiger partial charge in [-0.1, -0.05) is 48.6 Å². The predicted octanol–water partition coefficient (Wildman–Crippen LogP) is 5.67. The lowest BCUT2D eigenvalue weighted by molar-refractivity contribution is 0.401. The average molecular weight is 386 g/mol. The van der Waals surface area contributed by atoms with Gasteiger partial charge in [0.05, 0.1) is 14.2 Å². The Kier molecular flexibility index (Phi) is 6.59. The first kappa shape index (κ1) is 20.1. The first-order chi connectivity index (χ1) is 14.1. The Morgan fingerprint density at radius 1 is 0.690 bits per heavy atom. The van der Waals surface area contributed by atoms with Crippen molar-refractivity contribution in [2.45, 2.75) is 0 Å². The fourth-order valence-corrected chi connectivity index (χ4v) is 2.95. The molecule has 3 rings (SSSR count). The van der Waals surface area contributed by atoms with E-state index in [-0.39, 0.29) is 0 Å². The van der Waals surface area contributed by atoms with Crippen LogP contribution in [0.15, 0.2) is 60.7 Å². The predicted molar refractivity (Wildman–Crippen MR) is 124 cm³/mol. The molecule has 4 heteroatoms. The van der Waals surface area contributed by atoms with Crippen LogP contribution < -0.4 is 20.5 Å². The number of anilines is 2. The number of nitrogen functional groups attached to an aromatic ring is 1. The summed E-state index contributed by atoms with van der Waals surface area (Å²) in [5.41, 5.74) is 11.6. The van der Waals surface area contributed by atoms with Crippen molar-refractivity contribution in [3.05, 3.63) is 82.9 Å². The summed E-state index contributed by atoms with van der Waals surface area (Å²) in [6, 6.07) is 19.9. The first-order valence-corrected chi connectivity index (χ1v) is 9.38. The maximum atomic E-state index is 5.75. The molecule has 3 N–H and O–H groups in total. The van der Waals surface area contributed by atoms with E-state index < -0.39 is 0 Å². The standard InChI is InChI=1S/C25H26N2O2/c1-27-23-14-8-19(9-15-23)5-11-21-17-24(28-2)20(16-25(21)29-3)10-4-18-6-12-22(26)13-7-18/h4-17,27H,26H2,1-3H3/b10-4+,11-5+. The van der Waals surface area contributed by atoms with Crippen LogP contribution >= 0.6 is 0 Å². The Bertz CT molecular complexity index is 1000. The summed E-state index contributed by atoms with van der Waals surface area (Å²) < 4.78 is 11.2. The van der Waals surface area contributed by atoms with Crippen molar-refractivity contribution >= 4 is 35.7 Å². The third-order valence-corrected chi connectivity index (χ3v) is 4.63. The summed E-state index contributed by atoms with van der Waals surface area (Å²) in [6.07, 6.45) is 8.12. The summed E-state index contributed by atoms with van der Waals surface area (Å²) >= 11 is 0. The minimum Gasteiger partial charge on any atom is -0.496 e. The monoisotopic (exact) mass is 386 g/mol. The van der Waals surface area contributed by atoms with E-state index in [4.69, 9.17) is 15.2 Å². The normalized spacial score (nSPS) is 11.1. The lowest BCUT2D eigenvalue weighted by Crippen LogP contribution is -1.93. The Morgan fingerprint density at radius 3 is 1.55 bits per heavy atom. The molecule has 148 valence electrons. The molecule has 0 radical (unpaired) electrons. The summed E-state index contributed by atoms with van der Waals surface area (Å²) in [7, 11) is 5.26. The molecule has 0 aliphatic rings. The zero-order valence-corrected chi connectivity index (χ0v) is 17.0. The molecule has 0 heterocycles. The third-order valence-electron chi connectivity index (χ3n) is 4.63. The van der Waals surface area contributed by atoms with Gasteiger partial charge in [0.25, 0.3) is 0 Å². The zero-order chi connectivity index (χ0) is 20.6. The molecule has 0 aliphatic heterocycles. The van der Waals surface area contributed by atoms with Crippen molar-refractivity contribution < 1.29 is 9.47 Å². The second-order valence-electron chi connectivity index (χ2n) is 6.54. The molecule has 0 bridgehead atoms. The second kappa shape index (κ2) is 9.51. The maximum Gasteiger partial charge on any atom is 0.126 e. The van der Waals surface area contributed by atoms with Crippen LogP contribution in [0.5, 0.6) is 11.5 Å². The Hall–Kier alpha value is -3.66. The average Bonchev–Trinajstić information content (AvgIpc) is 2.77. The number of methoxy groups -OCH3 is 2. The summed E-state index contributed by atoms with van der Waals surface area (Å²) in [5.74, 6) is 1.56. The summed E-state index contributed by atoms with van der Waals surface area (Å²) in [6.45, 7) is 0. The largest absolute Gasteiger partial charge is 0.496 e. The molecule has 0 amide bonds. The molecule has 3 aromatic rings. The molecule has 0 aliphatic carbocycles. The van der Waals surface area contributed by atoms with Crippen LogP contribution in [-0.4, -0.2) is 21.3 Å². The van der Waals surface area contributed by atoms with Crippen molar-refractivity contribution in [1.29, 1.82) is 0 Å². The lowest BCUT2D eigenvalue weighted by atomic mass is 10.1. The molecule has 0 aromatic heterocycles.